The van der Waals surface area contributed by atoms with Crippen molar-refractivity contribution in [2.45, 2.75) is 6.92 Å². The first-order valence-electron chi connectivity index (χ1n) is 5.02. The molecule has 0 fully saturated rings. The zero-order valence-electron chi connectivity index (χ0n) is 9.27. The number of carbonyl (C=O) groups is 1. The molecular weight excluding hydrogens is 202 g/mol. The highest BCUT2D eigenvalue weighted by molar-refractivity contribution is 6.02. The molecule has 0 spiro atoms. The average Bonchev–Trinajstić information content (AvgIpc) is 2.68. The lowest BCUT2D eigenvalue weighted by atomic mass is 10.3. The highest BCUT2D eigenvalue weighted by Gasteiger charge is 2.08. The first kappa shape index (κ1) is 10.4. The number of amides is 1. The van der Waals surface area contributed by atoms with E-state index in [4.69, 9.17) is 0 Å². The number of carbonyl (C=O) groups excluding carboxylic acids is 1. The first-order chi connectivity index (χ1) is 7.66. The third-order valence-corrected chi connectivity index (χ3v) is 2.33. The van der Waals surface area contributed by atoms with Crippen LogP contribution >= 0.6 is 0 Å². The molecule has 0 unspecified atom stereocenters. The van der Waals surface area contributed by atoms with Crippen molar-refractivity contribution in [2.24, 2.45) is 7.05 Å². The fourth-order valence-electron chi connectivity index (χ4n) is 1.42. The van der Waals surface area contributed by atoms with Gasteiger partial charge in [0, 0.05) is 19.4 Å². The standard InChI is InChI=1S/C12H13N3O/c1-9-5-6-11(13-8-9)14-12(16)10-4-3-7-15(10)2/h3-8H,1-2H3,(H,13,14,16). The molecule has 82 valence electrons. The van der Waals surface area contributed by atoms with Crippen molar-refractivity contribution in [1.82, 2.24) is 9.55 Å². The number of anilines is 1. The molecule has 2 heterocycles. The molecule has 0 aliphatic carbocycles. The van der Waals surface area contributed by atoms with E-state index in [2.05, 4.69) is 10.3 Å². The van der Waals surface area contributed by atoms with Crippen molar-refractivity contribution in [3.63, 3.8) is 0 Å². The van der Waals surface area contributed by atoms with E-state index >= 15 is 0 Å². The minimum absolute atomic E-state index is 0.149. The Balaban J connectivity index is 2.14. The fraction of sp³-hybridized carbons (Fsp3) is 0.167. The molecule has 1 N–H and O–H groups in total. The molecule has 0 saturated carbocycles. The van der Waals surface area contributed by atoms with Crippen LogP contribution in [0, 0.1) is 6.92 Å². The molecular formula is C12H13N3O. The van der Waals surface area contributed by atoms with Gasteiger partial charge < -0.3 is 9.88 Å². The van der Waals surface area contributed by atoms with Crippen LogP contribution < -0.4 is 5.32 Å². The molecule has 0 bridgehead atoms. The number of nitrogens with one attached hydrogen (secondary N) is 1. The minimum Gasteiger partial charge on any atom is -0.347 e. The van der Waals surface area contributed by atoms with Crippen molar-refractivity contribution < 1.29 is 4.79 Å². The lowest BCUT2D eigenvalue weighted by Gasteiger charge is -2.05. The van der Waals surface area contributed by atoms with Crippen molar-refractivity contribution in [3.05, 3.63) is 47.9 Å². The molecule has 0 aromatic carbocycles. The van der Waals surface area contributed by atoms with Crippen LogP contribution in [0.1, 0.15) is 16.1 Å². The van der Waals surface area contributed by atoms with E-state index in [-0.39, 0.29) is 5.91 Å². The molecule has 4 heteroatoms. The van der Waals surface area contributed by atoms with Gasteiger partial charge in [-0.1, -0.05) is 6.07 Å². The van der Waals surface area contributed by atoms with E-state index < -0.39 is 0 Å². The van der Waals surface area contributed by atoms with Crippen LogP contribution in [0.15, 0.2) is 36.7 Å². The Kier molecular flexibility index (Phi) is 2.72. The third kappa shape index (κ3) is 2.11. The van der Waals surface area contributed by atoms with E-state index in [1.54, 1.807) is 22.9 Å². The Morgan fingerprint density at radius 1 is 1.38 bits per heavy atom. The number of hydrogen-bond donors (Lipinski definition) is 1. The van der Waals surface area contributed by atoms with E-state index in [0.717, 1.165) is 5.56 Å². The molecule has 0 radical (unpaired) electrons. The van der Waals surface area contributed by atoms with Crippen LogP contribution in [-0.4, -0.2) is 15.5 Å². The van der Waals surface area contributed by atoms with Crippen molar-refractivity contribution in [2.75, 3.05) is 5.32 Å². The summed E-state index contributed by atoms with van der Waals surface area (Å²) >= 11 is 0. The summed E-state index contributed by atoms with van der Waals surface area (Å²) in [7, 11) is 1.83. The van der Waals surface area contributed by atoms with Crippen LogP contribution in [-0.2, 0) is 7.05 Å². The van der Waals surface area contributed by atoms with Crippen LogP contribution in [0.2, 0.25) is 0 Å². The Morgan fingerprint density at radius 2 is 2.19 bits per heavy atom. The van der Waals surface area contributed by atoms with Crippen LogP contribution in [0.4, 0.5) is 5.82 Å². The predicted molar refractivity (Wildman–Crippen MR) is 62.3 cm³/mol. The van der Waals surface area contributed by atoms with E-state index in [1.165, 1.54) is 0 Å². The minimum atomic E-state index is -0.149. The zero-order chi connectivity index (χ0) is 11.5. The predicted octanol–water partition coefficient (Wildman–Crippen LogP) is 1.98. The van der Waals surface area contributed by atoms with Crippen LogP contribution in [0.25, 0.3) is 0 Å². The topological polar surface area (TPSA) is 46.9 Å². The highest BCUT2D eigenvalue weighted by atomic mass is 16.2. The number of rotatable bonds is 2. The van der Waals surface area contributed by atoms with Gasteiger partial charge in [-0.2, -0.15) is 0 Å². The fourth-order valence-corrected chi connectivity index (χ4v) is 1.42. The second kappa shape index (κ2) is 4.18. The maximum atomic E-state index is 11.8. The monoisotopic (exact) mass is 215 g/mol. The van der Waals surface area contributed by atoms with Gasteiger partial charge >= 0.3 is 0 Å². The van der Waals surface area contributed by atoms with Crippen molar-refractivity contribution >= 4 is 11.7 Å². The van der Waals surface area contributed by atoms with Gasteiger partial charge in [-0.25, -0.2) is 4.98 Å². The molecule has 4 nitrogen and oxygen atoms in total. The summed E-state index contributed by atoms with van der Waals surface area (Å²) in [6, 6.07) is 7.30. The third-order valence-electron chi connectivity index (χ3n) is 2.33. The second-order valence-corrected chi connectivity index (χ2v) is 3.68. The molecule has 0 aliphatic heterocycles. The smallest absolute Gasteiger partial charge is 0.273 e. The van der Waals surface area contributed by atoms with Gasteiger partial charge in [0.1, 0.15) is 11.5 Å². The SMILES string of the molecule is Cc1ccc(NC(=O)c2cccn2C)nc1. The van der Waals surface area contributed by atoms with Crippen LogP contribution in [0.5, 0.6) is 0 Å². The van der Waals surface area contributed by atoms with Gasteiger partial charge in [-0.05, 0) is 30.7 Å². The van der Waals surface area contributed by atoms with Crippen molar-refractivity contribution in [3.8, 4) is 0 Å². The molecule has 2 aromatic heterocycles. The molecule has 1 amide bonds. The number of nitrogens with zero attached hydrogens (tertiary/aromatic N) is 2. The molecule has 0 aliphatic rings. The number of aryl methyl sites for hydroxylation is 2. The quantitative estimate of drug-likeness (QED) is 0.832. The van der Waals surface area contributed by atoms with Gasteiger partial charge in [0.25, 0.3) is 5.91 Å². The average molecular weight is 215 g/mol. The maximum Gasteiger partial charge on any atom is 0.273 e. The molecule has 0 saturated heterocycles. The summed E-state index contributed by atoms with van der Waals surface area (Å²) in [5.41, 5.74) is 1.68. The summed E-state index contributed by atoms with van der Waals surface area (Å²) < 4.78 is 1.77. The lowest BCUT2D eigenvalue weighted by molar-refractivity contribution is 0.101. The highest BCUT2D eigenvalue weighted by Crippen LogP contribution is 2.07. The summed E-state index contributed by atoms with van der Waals surface area (Å²) in [6.45, 7) is 1.95. The summed E-state index contributed by atoms with van der Waals surface area (Å²) in [6.07, 6.45) is 3.55. The van der Waals surface area contributed by atoms with E-state index in [9.17, 15) is 4.79 Å². The molecule has 2 rings (SSSR count). The van der Waals surface area contributed by atoms with Gasteiger partial charge in [-0.3, -0.25) is 4.79 Å². The Bertz CT molecular complexity index is 499. The Hall–Kier alpha value is -2.10. The van der Waals surface area contributed by atoms with Gasteiger partial charge in [-0.15, -0.1) is 0 Å². The van der Waals surface area contributed by atoms with Gasteiger partial charge in [0.15, 0.2) is 0 Å². The lowest BCUT2D eigenvalue weighted by Crippen LogP contribution is -2.16. The first-order valence-corrected chi connectivity index (χ1v) is 5.02. The van der Waals surface area contributed by atoms with Gasteiger partial charge in [0.2, 0.25) is 0 Å². The number of pyridine rings is 1. The molecule has 2 aromatic rings. The molecule has 16 heavy (non-hydrogen) atoms. The molecule has 0 atom stereocenters. The van der Waals surface area contributed by atoms with Crippen LogP contribution in [0.3, 0.4) is 0 Å². The zero-order valence-corrected chi connectivity index (χ0v) is 9.27. The normalized spacial score (nSPS) is 10.1. The second-order valence-electron chi connectivity index (χ2n) is 3.68. The van der Waals surface area contributed by atoms with Gasteiger partial charge in [0.05, 0.1) is 0 Å². The van der Waals surface area contributed by atoms with Crippen molar-refractivity contribution in [1.29, 1.82) is 0 Å². The summed E-state index contributed by atoms with van der Waals surface area (Å²) in [5.74, 6) is 0.417. The summed E-state index contributed by atoms with van der Waals surface area (Å²) in [5, 5.41) is 2.74. The number of aromatic nitrogens is 2. The summed E-state index contributed by atoms with van der Waals surface area (Å²) in [4.78, 5) is 15.9. The number of hydrogen-bond acceptors (Lipinski definition) is 2. The largest absolute Gasteiger partial charge is 0.347 e. The maximum absolute atomic E-state index is 11.8. The van der Waals surface area contributed by atoms with E-state index in [0.29, 0.717) is 11.5 Å². The Labute approximate surface area is 93.9 Å². The van der Waals surface area contributed by atoms with E-state index in [1.807, 2.05) is 32.3 Å². The Morgan fingerprint density at radius 3 is 2.75 bits per heavy atom.